The minimum absolute atomic E-state index is 0.242. The monoisotopic (exact) mass is 357 g/mol. The number of hydrogen-bond donors (Lipinski definition) is 0. The second-order valence-corrected chi connectivity index (χ2v) is 8.49. The molecule has 1 fully saturated rings. The Morgan fingerprint density at radius 2 is 1.72 bits per heavy atom. The molecular weight excluding hydrogens is 330 g/mol. The molecule has 0 atom stereocenters. The maximum atomic E-state index is 13.4. The largest absolute Gasteiger partial charge is 0.336 e. The fraction of sp³-hybridized carbons (Fsp3) is 0.550. The summed E-state index contributed by atoms with van der Waals surface area (Å²) in [6, 6.07) is 4.63. The number of nitrogens with zero attached hydrogens (tertiary/aromatic N) is 3. The van der Waals surface area contributed by atoms with Crippen molar-refractivity contribution in [2.24, 2.45) is 0 Å². The molecule has 5 heteroatoms. The molecular formula is C20H27N3OS. The molecule has 134 valence electrons. The molecule has 4 rings (SSSR count). The third kappa shape index (κ3) is 3.15. The second-order valence-electron chi connectivity index (χ2n) is 7.40. The molecule has 4 nitrogen and oxygen atoms in total. The lowest BCUT2D eigenvalue weighted by Gasteiger charge is -2.37. The first-order valence-electron chi connectivity index (χ1n) is 9.46. The summed E-state index contributed by atoms with van der Waals surface area (Å²) in [7, 11) is 0. The van der Waals surface area contributed by atoms with Gasteiger partial charge in [0.25, 0.3) is 5.91 Å². The number of thiophene rings is 1. The number of hydrogen-bond acceptors (Lipinski definition) is 3. The molecule has 0 radical (unpaired) electrons. The number of piperazine rings is 1. The van der Waals surface area contributed by atoms with Gasteiger partial charge in [0.05, 0.1) is 5.56 Å². The maximum absolute atomic E-state index is 13.4. The van der Waals surface area contributed by atoms with Crippen LogP contribution in [-0.4, -0.2) is 52.5 Å². The Kier molecular flexibility index (Phi) is 4.69. The van der Waals surface area contributed by atoms with Gasteiger partial charge in [-0.3, -0.25) is 9.69 Å². The standard InChI is InChI=1S/C20H27N3OS/c1-15(2)21-11-13-22(14-12-21)19(24)18-16-7-3-4-8-17(16)25-20(18)23-9-5-6-10-23/h5-6,9-10,15H,3-4,7-8,11-14H2,1-2H3. The van der Waals surface area contributed by atoms with Gasteiger partial charge in [0.15, 0.2) is 0 Å². The van der Waals surface area contributed by atoms with Crippen molar-refractivity contribution in [1.29, 1.82) is 0 Å². The molecule has 0 saturated carbocycles. The summed E-state index contributed by atoms with van der Waals surface area (Å²) < 4.78 is 2.13. The van der Waals surface area contributed by atoms with Crippen LogP contribution in [0.4, 0.5) is 0 Å². The molecule has 1 aliphatic heterocycles. The van der Waals surface area contributed by atoms with Gasteiger partial charge in [-0.05, 0) is 57.2 Å². The number of rotatable bonds is 3. The van der Waals surface area contributed by atoms with Crippen LogP contribution in [0.25, 0.3) is 5.00 Å². The molecule has 3 heterocycles. The van der Waals surface area contributed by atoms with Crippen LogP contribution in [-0.2, 0) is 12.8 Å². The van der Waals surface area contributed by atoms with Gasteiger partial charge in [-0.2, -0.15) is 0 Å². The van der Waals surface area contributed by atoms with Crippen LogP contribution in [0.1, 0.15) is 47.5 Å². The normalized spacial score (nSPS) is 18.6. The highest BCUT2D eigenvalue weighted by molar-refractivity contribution is 7.15. The van der Waals surface area contributed by atoms with Crippen LogP contribution in [0, 0.1) is 0 Å². The Balaban J connectivity index is 1.65. The van der Waals surface area contributed by atoms with Crippen LogP contribution in [0.2, 0.25) is 0 Å². The van der Waals surface area contributed by atoms with Crippen molar-refractivity contribution in [2.75, 3.05) is 26.2 Å². The second kappa shape index (κ2) is 6.96. The molecule has 0 N–H and O–H groups in total. The number of carbonyl (C=O) groups excluding carboxylic acids is 1. The summed E-state index contributed by atoms with van der Waals surface area (Å²) >= 11 is 1.82. The van der Waals surface area contributed by atoms with E-state index in [9.17, 15) is 4.79 Å². The molecule has 0 aromatic carbocycles. The highest BCUT2D eigenvalue weighted by Crippen LogP contribution is 2.37. The Morgan fingerprint density at radius 1 is 1.04 bits per heavy atom. The van der Waals surface area contributed by atoms with Crippen molar-refractivity contribution < 1.29 is 4.79 Å². The third-order valence-electron chi connectivity index (χ3n) is 5.54. The first-order valence-corrected chi connectivity index (χ1v) is 10.3. The van der Waals surface area contributed by atoms with Gasteiger partial charge in [0.1, 0.15) is 5.00 Å². The van der Waals surface area contributed by atoms with Crippen LogP contribution in [0.5, 0.6) is 0 Å². The number of carbonyl (C=O) groups is 1. The predicted octanol–water partition coefficient (Wildman–Crippen LogP) is 3.58. The zero-order chi connectivity index (χ0) is 17.4. The van der Waals surface area contributed by atoms with E-state index in [1.54, 1.807) is 0 Å². The lowest BCUT2D eigenvalue weighted by molar-refractivity contribution is 0.0595. The van der Waals surface area contributed by atoms with Crippen LogP contribution in [0.15, 0.2) is 24.5 Å². The summed E-state index contributed by atoms with van der Waals surface area (Å²) in [6.07, 6.45) is 8.76. The van der Waals surface area contributed by atoms with Crippen molar-refractivity contribution in [3.05, 3.63) is 40.5 Å². The van der Waals surface area contributed by atoms with E-state index in [4.69, 9.17) is 0 Å². The maximum Gasteiger partial charge on any atom is 0.257 e. The fourth-order valence-electron chi connectivity index (χ4n) is 4.02. The van der Waals surface area contributed by atoms with Gasteiger partial charge >= 0.3 is 0 Å². The number of aromatic nitrogens is 1. The Bertz CT molecular complexity index is 739. The van der Waals surface area contributed by atoms with Crippen molar-refractivity contribution in [1.82, 2.24) is 14.4 Å². The summed E-state index contributed by atoms with van der Waals surface area (Å²) in [5.74, 6) is 0.242. The van der Waals surface area contributed by atoms with Crippen molar-refractivity contribution in [3.8, 4) is 5.00 Å². The first kappa shape index (κ1) is 16.9. The van der Waals surface area contributed by atoms with Gasteiger partial charge < -0.3 is 9.47 Å². The lowest BCUT2D eigenvalue weighted by atomic mass is 9.95. The van der Waals surface area contributed by atoms with E-state index in [2.05, 4.69) is 40.6 Å². The molecule has 0 unspecified atom stereocenters. The van der Waals surface area contributed by atoms with E-state index in [1.807, 2.05) is 23.5 Å². The molecule has 2 aromatic heterocycles. The smallest absolute Gasteiger partial charge is 0.257 e. The van der Waals surface area contributed by atoms with Gasteiger partial charge in [-0.15, -0.1) is 11.3 Å². The summed E-state index contributed by atoms with van der Waals surface area (Å²) in [4.78, 5) is 19.4. The van der Waals surface area contributed by atoms with Gasteiger partial charge in [0, 0.05) is 49.5 Å². The Morgan fingerprint density at radius 3 is 2.40 bits per heavy atom. The number of fused-ring (bicyclic) bond motifs is 1. The van der Waals surface area contributed by atoms with Crippen LogP contribution >= 0.6 is 11.3 Å². The van der Waals surface area contributed by atoms with E-state index >= 15 is 0 Å². The Hall–Kier alpha value is -1.59. The molecule has 1 aliphatic carbocycles. The average Bonchev–Trinajstić information content (AvgIpc) is 3.28. The van der Waals surface area contributed by atoms with Crippen LogP contribution < -0.4 is 0 Å². The zero-order valence-corrected chi connectivity index (χ0v) is 16.0. The van der Waals surface area contributed by atoms with E-state index in [0.29, 0.717) is 6.04 Å². The number of amides is 1. The van der Waals surface area contributed by atoms with Crippen molar-refractivity contribution >= 4 is 17.2 Å². The molecule has 25 heavy (non-hydrogen) atoms. The first-order chi connectivity index (χ1) is 12.1. The average molecular weight is 358 g/mol. The van der Waals surface area contributed by atoms with Gasteiger partial charge in [-0.1, -0.05) is 0 Å². The SMILES string of the molecule is CC(C)N1CCN(C(=O)c2c(-n3cccc3)sc3c2CCCC3)CC1. The molecule has 0 bridgehead atoms. The van der Waals surface area contributed by atoms with Gasteiger partial charge in [0.2, 0.25) is 0 Å². The minimum Gasteiger partial charge on any atom is -0.336 e. The molecule has 2 aromatic rings. The summed E-state index contributed by atoms with van der Waals surface area (Å²) in [6.45, 7) is 8.11. The molecule has 1 amide bonds. The predicted molar refractivity (Wildman–Crippen MR) is 103 cm³/mol. The molecule has 2 aliphatic rings. The third-order valence-corrected chi connectivity index (χ3v) is 6.84. The Labute approximate surface area is 154 Å². The fourth-order valence-corrected chi connectivity index (χ4v) is 5.37. The number of aryl methyl sites for hydroxylation is 1. The van der Waals surface area contributed by atoms with E-state index in [0.717, 1.165) is 49.6 Å². The van der Waals surface area contributed by atoms with E-state index in [1.165, 1.54) is 23.3 Å². The highest BCUT2D eigenvalue weighted by Gasteiger charge is 2.31. The topological polar surface area (TPSA) is 28.5 Å². The van der Waals surface area contributed by atoms with Crippen molar-refractivity contribution in [2.45, 2.75) is 45.6 Å². The van der Waals surface area contributed by atoms with E-state index < -0.39 is 0 Å². The lowest BCUT2D eigenvalue weighted by Crippen LogP contribution is -2.50. The van der Waals surface area contributed by atoms with Crippen molar-refractivity contribution in [3.63, 3.8) is 0 Å². The zero-order valence-electron chi connectivity index (χ0n) is 15.2. The molecule has 1 saturated heterocycles. The van der Waals surface area contributed by atoms with Gasteiger partial charge in [-0.25, -0.2) is 0 Å². The molecule has 0 spiro atoms. The highest BCUT2D eigenvalue weighted by atomic mass is 32.1. The van der Waals surface area contributed by atoms with E-state index in [-0.39, 0.29) is 5.91 Å². The summed E-state index contributed by atoms with van der Waals surface area (Å²) in [5, 5.41) is 1.12. The summed E-state index contributed by atoms with van der Waals surface area (Å²) in [5.41, 5.74) is 2.31. The van der Waals surface area contributed by atoms with Crippen LogP contribution in [0.3, 0.4) is 0 Å². The minimum atomic E-state index is 0.242. The quantitative estimate of drug-likeness (QED) is 0.840.